The molecule has 4 aliphatic rings. The van der Waals surface area contributed by atoms with Crippen LogP contribution in [0.4, 0.5) is 4.39 Å². The molecule has 2 N–H and O–H groups in total. The minimum atomic E-state index is -0.778. The van der Waals surface area contributed by atoms with Crippen LogP contribution in [0.5, 0.6) is 0 Å². The second-order valence-electron chi connectivity index (χ2n) is 10.4. The predicted molar refractivity (Wildman–Crippen MR) is 116 cm³/mol. The summed E-state index contributed by atoms with van der Waals surface area (Å²) >= 11 is 0. The van der Waals surface area contributed by atoms with Gasteiger partial charge in [-0.15, -0.1) is 0 Å². The summed E-state index contributed by atoms with van der Waals surface area (Å²) in [5.74, 6) is 0.466. The van der Waals surface area contributed by atoms with Crippen molar-refractivity contribution in [2.24, 2.45) is 18.9 Å². The number of imidazole rings is 1. The van der Waals surface area contributed by atoms with Gasteiger partial charge in [0.2, 0.25) is 5.91 Å². The molecular formula is C23H36FN5O2. The minimum absolute atomic E-state index is 0.0181. The third kappa shape index (κ3) is 3.97. The van der Waals surface area contributed by atoms with E-state index in [1.54, 1.807) is 4.57 Å². The quantitative estimate of drug-likeness (QED) is 0.759. The van der Waals surface area contributed by atoms with Crippen LogP contribution in [0.15, 0.2) is 11.0 Å². The number of halogens is 1. The maximum atomic E-state index is 14.4. The van der Waals surface area contributed by atoms with E-state index in [0.29, 0.717) is 24.8 Å². The lowest BCUT2D eigenvalue weighted by Gasteiger charge is -2.39. The molecule has 1 aromatic heterocycles. The summed E-state index contributed by atoms with van der Waals surface area (Å²) in [6.07, 6.45) is 7.51. The molecule has 2 aliphatic heterocycles. The first-order valence-corrected chi connectivity index (χ1v) is 12.1. The molecule has 0 radical (unpaired) electrons. The Labute approximate surface area is 183 Å². The normalized spacial score (nSPS) is 38.5. The molecule has 7 nitrogen and oxygen atoms in total. The molecule has 3 heterocycles. The lowest BCUT2D eigenvalue weighted by molar-refractivity contribution is -0.124. The molecule has 1 aromatic rings. The smallest absolute Gasteiger partial charge is 0.328 e. The zero-order valence-corrected chi connectivity index (χ0v) is 18.7. The van der Waals surface area contributed by atoms with Gasteiger partial charge in [-0.05, 0) is 50.9 Å². The number of carbonyl (C=O) groups is 1. The van der Waals surface area contributed by atoms with E-state index in [2.05, 4.69) is 22.5 Å². The first-order valence-electron chi connectivity index (χ1n) is 12.1. The molecule has 0 aromatic carbocycles. The first kappa shape index (κ1) is 21.2. The topological polar surface area (TPSA) is 71.3 Å². The van der Waals surface area contributed by atoms with Crippen LogP contribution in [-0.4, -0.2) is 56.8 Å². The third-order valence-corrected chi connectivity index (χ3v) is 8.36. The van der Waals surface area contributed by atoms with Gasteiger partial charge >= 0.3 is 5.69 Å². The van der Waals surface area contributed by atoms with Crippen molar-refractivity contribution in [1.82, 2.24) is 24.7 Å². The van der Waals surface area contributed by atoms with E-state index in [4.69, 9.17) is 0 Å². The number of amides is 1. The molecule has 2 saturated carbocycles. The number of nitrogens with one attached hydrogen (secondary N) is 2. The highest BCUT2D eigenvalue weighted by molar-refractivity contribution is 5.82. The number of nitrogens with zero attached hydrogens (tertiary/aromatic N) is 3. The lowest BCUT2D eigenvalue weighted by atomic mass is 9.77. The summed E-state index contributed by atoms with van der Waals surface area (Å²) in [5, 5.41) is 6.75. The first-order chi connectivity index (χ1) is 14.9. The summed E-state index contributed by atoms with van der Waals surface area (Å²) in [5.41, 5.74) is 1.15. The van der Waals surface area contributed by atoms with Crippen LogP contribution in [0.3, 0.4) is 0 Å². The molecule has 7 atom stereocenters. The zero-order chi connectivity index (χ0) is 21.7. The summed E-state index contributed by atoms with van der Waals surface area (Å²) in [7, 11) is 1.81. The standard InChI is InChI=1S/C23H36FN5O2/c1-14-6-7-19(24)18-11-20(26-21(14)18)22(30)25-15-4-3-5-16(10-15)28-8-9-29-17(13-28)12-27(2)23(29)31/h12,14-16,18-21,26H,3-11,13H2,1-2H3,(H,25,30)/t14?,15-,16-,18?,19?,20?,21?/m1/s1. The summed E-state index contributed by atoms with van der Waals surface area (Å²) < 4.78 is 17.9. The number of rotatable bonds is 3. The average Bonchev–Trinajstić information content (AvgIpc) is 3.34. The fourth-order valence-electron chi connectivity index (χ4n) is 6.58. The van der Waals surface area contributed by atoms with Crippen LogP contribution in [0.1, 0.15) is 57.6 Å². The number of carbonyl (C=O) groups excluding carboxylic acids is 1. The van der Waals surface area contributed by atoms with E-state index in [1.165, 1.54) is 0 Å². The largest absolute Gasteiger partial charge is 0.352 e. The maximum absolute atomic E-state index is 14.4. The van der Waals surface area contributed by atoms with Crippen molar-refractivity contribution in [3.8, 4) is 0 Å². The van der Waals surface area contributed by atoms with E-state index in [1.807, 2.05) is 17.8 Å². The van der Waals surface area contributed by atoms with Gasteiger partial charge in [0, 0.05) is 56.9 Å². The lowest BCUT2D eigenvalue weighted by Crippen LogP contribution is -2.52. The molecule has 31 heavy (non-hydrogen) atoms. The van der Waals surface area contributed by atoms with Gasteiger partial charge in [-0.2, -0.15) is 0 Å². The zero-order valence-electron chi connectivity index (χ0n) is 18.7. The Morgan fingerprint density at radius 2 is 2.03 bits per heavy atom. The highest BCUT2D eigenvalue weighted by Gasteiger charge is 2.46. The van der Waals surface area contributed by atoms with E-state index in [0.717, 1.165) is 57.4 Å². The average molecular weight is 434 g/mol. The molecule has 2 aliphatic carbocycles. The monoisotopic (exact) mass is 433 g/mol. The van der Waals surface area contributed by atoms with Gasteiger partial charge in [-0.1, -0.05) is 6.92 Å². The van der Waals surface area contributed by atoms with Crippen LogP contribution in [-0.2, 0) is 24.9 Å². The number of alkyl halides is 1. The van der Waals surface area contributed by atoms with Gasteiger partial charge < -0.3 is 15.2 Å². The Morgan fingerprint density at radius 1 is 1.19 bits per heavy atom. The van der Waals surface area contributed by atoms with Gasteiger partial charge in [0.05, 0.1) is 11.7 Å². The minimum Gasteiger partial charge on any atom is -0.352 e. The fourth-order valence-corrected chi connectivity index (χ4v) is 6.58. The Morgan fingerprint density at radius 3 is 2.84 bits per heavy atom. The second-order valence-corrected chi connectivity index (χ2v) is 10.4. The predicted octanol–water partition coefficient (Wildman–Crippen LogP) is 1.54. The molecule has 3 fully saturated rings. The Hall–Kier alpha value is -1.67. The highest BCUT2D eigenvalue weighted by atomic mass is 19.1. The third-order valence-electron chi connectivity index (χ3n) is 8.36. The van der Waals surface area contributed by atoms with Gasteiger partial charge in [0.1, 0.15) is 6.17 Å². The van der Waals surface area contributed by atoms with Crippen molar-refractivity contribution in [1.29, 1.82) is 0 Å². The molecular weight excluding hydrogens is 397 g/mol. The molecule has 0 bridgehead atoms. The van der Waals surface area contributed by atoms with Crippen molar-refractivity contribution in [3.63, 3.8) is 0 Å². The Kier molecular flexibility index (Phi) is 5.71. The maximum Gasteiger partial charge on any atom is 0.328 e. The van der Waals surface area contributed by atoms with Gasteiger partial charge in [-0.3, -0.25) is 14.3 Å². The number of hydrogen-bond donors (Lipinski definition) is 2. The SMILES string of the molecule is CC1CCC(F)C2CC(C(=O)N[C@@H]3CCC[C@@H](N4CCn5c(cn(C)c5=O)C4)C3)NC12. The molecule has 5 rings (SSSR count). The number of aryl methyl sites for hydroxylation is 1. The van der Waals surface area contributed by atoms with Gasteiger partial charge in [0.15, 0.2) is 0 Å². The van der Waals surface area contributed by atoms with Crippen molar-refractivity contribution in [2.75, 3.05) is 6.54 Å². The van der Waals surface area contributed by atoms with Crippen LogP contribution in [0, 0.1) is 11.8 Å². The van der Waals surface area contributed by atoms with Crippen LogP contribution < -0.4 is 16.3 Å². The van der Waals surface area contributed by atoms with E-state index in [9.17, 15) is 14.0 Å². The van der Waals surface area contributed by atoms with Crippen molar-refractivity contribution < 1.29 is 9.18 Å². The van der Waals surface area contributed by atoms with Crippen molar-refractivity contribution in [2.45, 2.75) is 95.3 Å². The fraction of sp³-hybridized carbons (Fsp3) is 0.826. The molecule has 0 spiro atoms. The Bertz CT molecular complexity index is 864. The summed E-state index contributed by atoms with van der Waals surface area (Å²) in [4.78, 5) is 27.6. The number of hydrogen-bond acceptors (Lipinski definition) is 4. The van der Waals surface area contributed by atoms with Gasteiger partial charge in [0.25, 0.3) is 0 Å². The highest BCUT2D eigenvalue weighted by Crippen LogP contribution is 2.38. The molecule has 5 unspecified atom stereocenters. The molecule has 1 saturated heterocycles. The van der Waals surface area contributed by atoms with E-state index in [-0.39, 0.29) is 35.6 Å². The summed E-state index contributed by atoms with van der Waals surface area (Å²) in [6, 6.07) is 0.477. The second kappa shape index (κ2) is 8.35. The van der Waals surface area contributed by atoms with Crippen LogP contribution in [0.25, 0.3) is 0 Å². The van der Waals surface area contributed by atoms with Crippen molar-refractivity contribution in [3.05, 3.63) is 22.4 Å². The Balaban J connectivity index is 1.18. The van der Waals surface area contributed by atoms with E-state index < -0.39 is 6.17 Å². The van der Waals surface area contributed by atoms with Crippen LogP contribution >= 0.6 is 0 Å². The summed E-state index contributed by atoms with van der Waals surface area (Å²) in [6.45, 7) is 4.59. The number of fused-ring (bicyclic) bond motifs is 2. The van der Waals surface area contributed by atoms with E-state index >= 15 is 0 Å². The molecule has 1 amide bonds. The van der Waals surface area contributed by atoms with Gasteiger partial charge in [-0.25, -0.2) is 9.18 Å². The van der Waals surface area contributed by atoms with Crippen LogP contribution in [0.2, 0.25) is 0 Å². The molecule has 172 valence electrons. The number of aromatic nitrogens is 2. The molecule has 8 heteroatoms. The van der Waals surface area contributed by atoms with Crippen molar-refractivity contribution >= 4 is 5.91 Å².